The van der Waals surface area contributed by atoms with Crippen LogP contribution in [0.3, 0.4) is 0 Å². The molecule has 0 unspecified atom stereocenters. The first-order valence-electron chi connectivity index (χ1n) is 12.9. The molecule has 4 rings (SSSR count). The molecule has 0 radical (unpaired) electrons. The molecule has 0 aliphatic heterocycles. The lowest BCUT2D eigenvalue weighted by atomic mass is 10.2. The zero-order valence-electron chi connectivity index (χ0n) is 23.8. The van der Waals surface area contributed by atoms with Crippen molar-refractivity contribution in [1.82, 2.24) is 19.9 Å². The summed E-state index contributed by atoms with van der Waals surface area (Å²) in [6, 6.07) is 18.8. The zero-order chi connectivity index (χ0) is 33.2. The Kier molecular flexibility index (Phi) is 16.4. The molecular weight excluding hydrogens is 693 g/mol. The lowest BCUT2D eigenvalue weighted by Gasteiger charge is -2.10. The third-order valence-corrected chi connectivity index (χ3v) is 5.23. The minimum absolute atomic E-state index is 0.0304. The molecule has 2 aromatic carbocycles. The second kappa shape index (κ2) is 19.7. The number of halogens is 4. The molecule has 2 aromatic heterocycles. The van der Waals surface area contributed by atoms with Gasteiger partial charge in [0.2, 0.25) is 5.75 Å². The van der Waals surface area contributed by atoms with E-state index in [1.807, 2.05) is 60.7 Å². The van der Waals surface area contributed by atoms with Crippen LogP contribution in [-0.2, 0) is 27.3 Å². The van der Waals surface area contributed by atoms with Crippen molar-refractivity contribution >= 4 is 62.5 Å². The topological polar surface area (TPSA) is 160 Å². The molecule has 1 N–H and O–H groups in total. The highest BCUT2D eigenvalue weighted by atomic mass is 36.0. The molecule has 45 heavy (non-hydrogen) atoms. The minimum atomic E-state index is -3.22. The molecule has 0 aliphatic rings. The quantitative estimate of drug-likeness (QED) is 0.100. The maximum Gasteiger partial charge on any atom is 0.361 e. The average Bonchev–Trinajstić information content (AvgIpc) is 3.00. The molecule has 0 fully saturated rings. The van der Waals surface area contributed by atoms with Crippen LogP contribution in [0.15, 0.2) is 78.1 Å². The number of aromatic nitrogens is 4. The standard InChI is InChI=1S/C14H13ClN2O3.C14H14N2O4.Cl3OP/c1-2-19-14(18)11-12(13(15)17-9-16-11)20-8-10-6-4-3-5-7-10;1-2-19-14(18)11-12(13(17)16-9-15-11)20-8-10-6-4-3-5-7-10;1-5(2,3)4/h3-7,9H,2,8H2,1H3;3-7,9H,2,8H2,1H3,(H,15,16,17);. The summed E-state index contributed by atoms with van der Waals surface area (Å²) in [6.07, 6.45) is 2.34. The molecule has 0 bridgehead atoms. The summed E-state index contributed by atoms with van der Waals surface area (Å²) in [4.78, 5) is 49.1. The van der Waals surface area contributed by atoms with Crippen LogP contribution in [0.2, 0.25) is 5.15 Å². The predicted octanol–water partition coefficient (Wildman–Crippen LogP) is 7.22. The van der Waals surface area contributed by atoms with E-state index in [0.717, 1.165) is 17.5 Å². The van der Waals surface area contributed by atoms with Crippen molar-refractivity contribution in [2.75, 3.05) is 13.2 Å². The second-order valence-electron chi connectivity index (χ2n) is 8.14. The molecular formula is C28H27Cl4N4O8P. The second-order valence-corrected chi connectivity index (χ2v) is 15.1. The van der Waals surface area contributed by atoms with Gasteiger partial charge in [-0.1, -0.05) is 72.3 Å². The normalized spacial score (nSPS) is 10.3. The van der Waals surface area contributed by atoms with Gasteiger partial charge in [-0.15, -0.1) is 0 Å². The number of aromatic amines is 1. The third-order valence-electron chi connectivity index (χ3n) is 4.96. The Hall–Kier alpha value is -3.67. The largest absolute Gasteiger partial charge is 0.483 e. The van der Waals surface area contributed by atoms with Crippen LogP contribution in [-0.4, -0.2) is 45.1 Å². The van der Waals surface area contributed by atoms with Gasteiger partial charge in [0.25, 0.3) is 5.56 Å². The summed E-state index contributed by atoms with van der Waals surface area (Å²) < 4.78 is 30.2. The van der Waals surface area contributed by atoms with Crippen LogP contribution in [0.4, 0.5) is 0 Å². The molecule has 0 amide bonds. The number of hydrogen-bond acceptors (Lipinski definition) is 11. The summed E-state index contributed by atoms with van der Waals surface area (Å²) in [5, 5.41) is -3.14. The van der Waals surface area contributed by atoms with Gasteiger partial charge in [-0.2, -0.15) is 0 Å². The zero-order valence-corrected chi connectivity index (χ0v) is 27.7. The van der Waals surface area contributed by atoms with Gasteiger partial charge in [0.1, 0.15) is 19.5 Å². The molecule has 0 saturated carbocycles. The first-order chi connectivity index (χ1) is 21.4. The Balaban J connectivity index is 0.000000273. The highest BCUT2D eigenvalue weighted by Gasteiger charge is 2.20. The van der Waals surface area contributed by atoms with Gasteiger partial charge >= 0.3 is 17.1 Å². The summed E-state index contributed by atoms with van der Waals surface area (Å²) in [5.41, 5.74) is 1.22. The Morgan fingerprint density at radius 3 is 1.67 bits per heavy atom. The van der Waals surface area contributed by atoms with E-state index in [0.29, 0.717) is 0 Å². The fourth-order valence-electron chi connectivity index (χ4n) is 3.15. The van der Waals surface area contributed by atoms with E-state index in [-0.39, 0.29) is 54.5 Å². The van der Waals surface area contributed by atoms with E-state index in [1.54, 1.807) is 13.8 Å². The third kappa shape index (κ3) is 14.3. The number of carbonyl (C=O) groups is 2. The summed E-state index contributed by atoms with van der Waals surface area (Å²) >= 11 is 19.8. The maximum absolute atomic E-state index is 11.8. The number of benzene rings is 2. The minimum Gasteiger partial charge on any atom is -0.483 e. The Labute approximate surface area is 277 Å². The molecule has 0 atom stereocenters. The highest BCUT2D eigenvalue weighted by molar-refractivity contribution is 8.24. The van der Waals surface area contributed by atoms with Crippen molar-refractivity contribution in [3.05, 3.63) is 111 Å². The molecule has 4 aromatic rings. The predicted molar refractivity (Wildman–Crippen MR) is 171 cm³/mol. The Bertz CT molecular complexity index is 1620. The number of hydrogen-bond donors (Lipinski definition) is 1. The first kappa shape index (κ1) is 37.5. The molecule has 240 valence electrons. The van der Waals surface area contributed by atoms with Crippen LogP contribution in [0.5, 0.6) is 11.5 Å². The monoisotopic (exact) mass is 718 g/mol. The molecule has 0 saturated heterocycles. The first-order valence-corrected chi connectivity index (χ1v) is 17.7. The van der Waals surface area contributed by atoms with Gasteiger partial charge < -0.3 is 23.9 Å². The van der Waals surface area contributed by atoms with Crippen LogP contribution >= 0.6 is 50.5 Å². The van der Waals surface area contributed by atoms with E-state index < -0.39 is 22.7 Å². The van der Waals surface area contributed by atoms with E-state index in [2.05, 4.69) is 53.7 Å². The average molecular weight is 720 g/mol. The van der Waals surface area contributed by atoms with Crippen molar-refractivity contribution in [1.29, 1.82) is 0 Å². The maximum atomic E-state index is 11.8. The smallest absolute Gasteiger partial charge is 0.361 e. The van der Waals surface area contributed by atoms with Gasteiger partial charge in [-0.05, 0) is 58.7 Å². The molecule has 17 heteroatoms. The number of nitrogens with one attached hydrogen (secondary N) is 1. The van der Waals surface area contributed by atoms with E-state index in [1.165, 1.54) is 6.33 Å². The Morgan fingerprint density at radius 2 is 1.20 bits per heavy atom. The van der Waals surface area contributed by atoms with E-state index >= 15 is 0 Å². The molecule has 12 nitrogen and oxygen atoms in total. The van der Waals surface area contributed by atoms with Crippen molar-refractivity contribution in [3.8, 4) is 11.5 Å². The van der Waals surface area contributed by atoms with Crippen LogP contribution in [0.25, 0.3) is 0 Å². The lowest BCUT2D eigenvalue weighted by molar-refractivity contribution is 0.0503. The van der Waals surface area contributed by atoms with E-state index in [4.69, 9.17) is 30.5 Å². The van der Waals surface area contributed by atoms with Gasteiger partial charge in [-0.25, -0.2) is 24.5 Å². The van der Waals surface area contributed by atoms with E-state index in [9.17, 15) is 18.9 Å². The number of ether oxygens (including phenoxy) is 4. The summed E-state index contributed by atoms with van der Waals surface area (Å²) in [5.74, 6) is -1.26. The van der Waals surface area contributed by atoms with Crippen molar-refractivity contribution in [2.24, 2.45) is 0 Å². The number of nitrogens with zero attached hydrogens (tertiary/aromatic N) is 3. The van der Waals surface area contributed by atoms with Gasteiger partial charge in [0.15, 0.2) is 22.3 Å². The van der Waals surface area contributed by atoms with Crippen molar-refractivity contribution < 1.29 is 33.1 Å². The number of H-pyrrole nitrogens is 1. The number of esters is 2. The summed E-state index contributed by atoms with van der Waals surface area (Å²) in [7, 11) is 0. The highest BCUT2D eigenvalue weighted by Crippen LogP contribution is 2.61. The van der Waals surface area contributed by atoms with Crippen LogP contribution in [0.1, 0.15) is 46.0 Å². The molecule has 2 heterocycles. The van der Waals surface area contributed by atoms with Crippen LogP contribution in [0, 0.1) is 0 Å². The summed E-state index contributed by atoms with van der Waals surface area (Å²) in [6.45, 7) is 4.27. The fraction of sp³-hybridized carbons (Fsp3) is 0.214. The molecule has 0 aliphatic carbocycles. The SMILES string of the molecule is CCOC(=O)c1nc[nH]c(=O)c1OCc1ccccc1.CCOC(=O)c1ncnc(Cl)c1OCc1ccccc1.O=P(Cl)(Cl)Cl. The Morgan fingerprint density at radius 1 is 0.756 bits per heavy atom. The van der Waals surface area contributed by atoms with Gasteiger partial charge in [-0.3, -0.25) is 9.36 Å². The van der Waals surface area contributed by atoms with Crippen LogP contribution < -0.4 is 15.0 Å². The number of rotatable bonds is 10. The molecule has 0 spiro atoms. The van der Waals surface area contributed by atoms with Crippen molar-refractivity contribution in [3.63, 3.8) is 0 Å². The van der Waals surface area contributed by atoms with Gasteiger partial charge in [0, 0.05) is 0 Å². The van der Waals surface area contributed by atoms with Crippen molar-refractivity contribution in [2.45, 2.75) is 27.1 Å². The lowest BCUT2D eigenvalue weighted by Crippen LogP contribution is -2.19. The fourth-order valence-corrected chi connectivity index (χ4v) is 3.34. The van der Waals surface area contributed by atoms with Gasteiger partial charge in [0.05, 0.1) is 19.5 Å². The number of carbonyl (C=O) groups excluding carboxylic acids is 2.